The first-order valence-corrected chi connectivity index (χ1v) is 7.52. The van der Waals surface area contributed by atoms with Crippen LogP contribution >= 0.6 is 0 Å². The zero-order valence-corrected chi connectivity index (χ0v) is 12.0. The first-order chi connectivity index (χ1) is 9.02. The van der Waals surface area contributed by atoms with Gasteiger partial charge in [0.25, 0.3) is 0 Å². The van der Waals surface area contributed by atoms with Gasteiger partial charge in [-0.3, -0.25) is 4.79 Å². The van der Waals surface area contributed by atoms with Gasteiger partial charge in [-0.1, -0.05) is 13.3 Å². The quantitative estimate of drug-likeness (QED) is 0.838. The standard InChI is InChI=1S/C15H25NO3/c1-11-8-16(9-15(11,18)12-4-5-12)13(17)14(10-19-2)6-3-7-14/h11-12,18H,3-10H2,1-2H3/t11-,15+/m1/s1. The molecule has 0 bridgehead atoms. The van der Waals surface area contributed by atoms with Gasteiger partial charge in [-0.2, -0.15) is 0 Å². The minimum absolute atomic E-state index is 0.198. The molecule has 0 aromatic heterocycles. The average Bonchev–Trinajstić information content (AvgIpc) is 3.12. The van der Waals surface area contributed by atoms with Crippen LogP contribution in [0.4, 0.5) is 0 Å². The Morgan fingerprint density at radius 3 is 2.58 bits per heavy atom. The molecule has 2 aliphatic carbocycles. The van der Waals surface area contributed by atoms with E-state index in [9.17, 15) is 9.90 Å². The third kappa shape index (κ3) is 2.00. The van der Waals surface area contributed by atoms with Crippen molar-refractivity contribution in [2.45, 2.75) is 44.6 Å². The van der Waals surface area contributed by atoms with Crippen molar-refractivity contribution in [3.8, 4) is 0 Å². The van der Waals surface area contributed by atoms with Crippen LogP contribution in [0.1, 0.15) is 39.0 Å². The van der Waals surface area contributed by atoms with Crippen molar-refractivity contribution in [1.29, 1.82) is 0 Å². The maximum atomic E-state index is 12.8. The maximum absolute atomic E-state index is 12.8. The second kappa shape index (κ2) is 4.45. The Balaban J connectivity index is 1.71. The smallest absolute Gasteiger partial charge is 0.231 e. The molecule has 0 unspecified atom stereocenters. The minimum atomic E-state index is -0.631. The first-order valence-electron chi connectivity index (χ1n) is 7.52. The van der Waals surface area contributed by atoms with Crippen molar-refractivity contribution < 1.29 is 14.6 Å². The van der Waals surface area contributed by atoms with Gasteiger partial charge >= 0.3 is 0 Å². The van der Waals surface area contributed by atoms with Gasteiger partial charge in [0.05, 0.1) is 17.6 Å². The highest BCUT2D eigenvalue weighted by Crippen LogP contribution is 2.49. The Hall–Kier alpha value is -0.610. The summed E-state index contributed by atoms with van der Waals surface area (Å²) in [7, 11) is 1.67. The molecule has 1 saturated heterocycles. The molecule has 4 heteroatoms. The molecule has 1 N–H and O–H groups in total. The summed E-state index contributed by atoms with van der Waals surface area (Å²) >= 11 is 0. The van der Waals surface area contributed by atoms with Crippen LogP contribution in [0.3, 0.4) is 0 Å². The van der Waals surface area contributed by atoms with E-state index in [4.69, 9.17) is 4.74 Å². The summed E-state index contributed by atoms with van der Waals surface area (Å²) in [5, 5.41) is 10.8. The molecule has 0 spiro atoms. The Bertz CT molecular complexity index is 376. The summed E-state index contributed by atoms with van der Waals surface area (Å²) in [6.45, 7) is 3.84. The van der Waals surface area contributed by atoms with E-state index in [1.165, 1.54) is 0 Å². The highest BCUT2D eigenvalue weighted by atomic mass is 16.5. The van der Waals surface area contributed by atoms with Gasteiger partial charge < -0.3 is 14.7 Å². The lowest BCUT2D eigenvalue weighted by molar-refractivity contribution is -0.152. The van der Waals surface area contributed by atoms with E-state index in [-0.39, 0.29) is 17.2 Å². The SMILES string of the molecule is COCC1(C(=O)N2C[C@@H](C)[C@](O)(C3CC3)C2)CCC1. The number of aliphatic hydroxyl groups is 1. The van der Waals surface area contributed by atoms with E-state index in [1.54, 1.807) is 7.11 Å². The number of ether oxygens (including phenoxy) is 1. The second-order valence-corrected chi connectivity index (χ2v) is 6.92. The lowest BCUT2D eigenvalue weighted by atomic mass is 9.68. The molecule has 1 aliphatic heterocycles. The molecule has 4 nitrogen and oxygen atoms in total. The number of carbonyl (C=O) groups excluding carboxylic acids is 1. The number of hydrogen-bond donors (Lipinski definition) is 1. The number of rotatable bonds is 4. The summed E-state index contributed by atoms with van der Waals surface area (Å²) in [6, 6.07) is 0. The highest BCUT2D eigenvalue weighted by Gasteiger charge is 2.56. The molecule has 0 radical (unpaired) electrons. The van der Waals surface area contributed by atoms with Crippen molar-refractivity contribution in [3.63, 3.8) is 0 Å². The van der Waals surface area contributed by atoms with Gasteiger partial charge in [0.15, 0.2) is 0 Å². The van der Waals surface area contributed by atoms with Crippen LogP contribution in [0, 0.1) is 17.3 Å². The van der Waals surface area contributed by atoms with Gasteiger partial charge in [0, 0.05) is 26.1 Å². The van der Waals surface area contributed by atoms with E-state index in [0.717, 1.165) is 32.1 Å². The first kappa shape index (κ1) is 13.4. The number of methoxy groups -OCH3 is 1. The molecular formula is C15H25NO3. The zero-order valence-electron chi connectivity index (χ0n) is 12.0. The van der Waals surface area contributed by atoms with Crippen molar-refractivity contribution in [3.05, 3.63) is 0 Å². The third-order valence-electron chi connectivity index (χ3n) is 5.55. The van der Waals surface area contributed by atoms with E-state index in [0.29, 0.717) is 25.6 Å². The van der Waals surface area contributed by atoms with E-state index < -0.39 is 5.60 Å². The molecule has 1 heterocycles. The molecule has 3 fully saturated rings. The molecular weight excluding hydrogens is 242 g/mol. The van der Waals surface area contributed by atoms with Crippen LogP contribution < -0.4 is 0 Å². The lowest BCUT2D eigenvalue weighted by Gasteiger charge is -2.42. The summed E-state index contributed by atoms with van der Waals surface area (Å²) in [5.74, 6) is 0.827. The fraction of sp³-hybridized carbons (Fsp3) is 0.933. The third-order valence-corrected chi connectivity index (χ3v) is 5.55. The molecule has 3 rings (SSSR count). The summed E-state index contributed by atoms with van der Waals surface area (Å²) in [5.41, 5.74) is -0.920. The largest absolute Gasteiger partial charge is 0.387 e. The van der Waals surface area contributed by atoms with Gasteiger partial charge in [0.2, 0.25) is 5.91 Å². The van der Waals surface area contributed by atoms with Crippen LogP contribution in [0.5, 0.6) is 0 Å². The normalized spacial score (nSPS) is 37.2. The number of hydrogen-bond acceptors (Lipinski definition) is 3. The number of likely N-dealkylation sites (tertiary alicyclic amines) is 1. The maximum Gasteiger partial charge on any atom is 0.231 e. The number of amides is 1. The van der Waals surface area contributed by atoms with Crippen molar-refractivity contribution in [2.75, 3.05) is 26.8 Å². The fourth-order valence-corrected chi connectivity index (χ4v) is 3.92. The highest BCUT2D eigenvalue weighted by molar-refractivity contribution is 5.84. The molecule has 3 aliphatic rings. The lowest BCUT2D eigenvalue weighted by Crippen LogP contribution is -2.51. The second-order valence-electron chi connectivity index (χ2n) is 6.92. The Labute approximate surface area is 115 Å². The fourth-order valence-electron chi connectivity index (χ4n) is 3.92. The predicted molar refractivity (Wildman–Crippen MR) is 71.6 cm³/mol. The summed E-state index contributed by atoms with van der Waals surface area (Å²) in [4.78, 5) is 14.7. The van der Waals surface area contributed by atoms with Crippen LogP contribution in [0.15, 0.2) is 0 Å². The Morgan fingerprint density at radius 2 is 2.11 bits per heavy atom. The van der Waals surface area contributed by atoms with E-state index in [2.05, 4.69) is 6.92 Å². The molecule has 2 saturated carbocycles. The predicted octanol–water partition coefficient (Wildman–Crippen LogP) is 1.42. The van der Waals surface area contributed by atoms with Crippen LogP contribution in [-0.2, 0) is 9.53 Å². The van der Waals surface area contributed by atoms with Gasteiger partial charge in [-0.05, 0) is 31.6 Å². The van der Waals surface area contributed by atoms with Crippen molar-refractivity contribution in [2.24, 2.45) is 17.3 Å². The van der Waals surface area contributed by atoms with Crippen molar-refractivity contribution >= 4 is 5.91 Å². The number of β-amino-alcohol motifs (C(OH)–C–C–N with tert-alkyl or cyclic N) is 1. The topological polar surface area (TPSA) is 49.8 Å². The van der Waals surface area contributed by atoms with Crippen molar-refractivity contribution in [1.82, 2.24) is 4.90 Å². The Morgan fingerprint density at radius 1 is 1.42 bits per heavy atom. The number of nitrogens with zero attached hydrogens (tertiary/aromatic N) is 1. The van der Waals surface area contributed by atoms with Crippen LogP contribution in [0.25, 0.3) is 0 Å². The van der Waals surface area contributed by atoms with Crippen LogP contribution in [0.2, 0.25) is 0 Å². The summed E-state index contributed by atoms with van der Waals surface area (Å²) < 4.78 is 5.26. The molecule has 0 aromatic carbocycles. The molecule has 19 heavy (non-hydrogen) atoms. The van der Waals surface area contributed by atoms with Gasteiger partial charge in [0.1, 0.15) is 0 Å². The summed E-state index contributed by atoms with van der Waals surface area (Å²) in [6.07, 6.45) is 5.22. The van der Waals surface area contributed by atoms with E-state index >= 15 is 0 Å². The van der Waals surface area contributed by atoms with E-state index in [1.807, 2.05) is 4.90 Å². The van der Waals surface area contributed by atoms with Gasteiger partial charge in [-0.25, -0.2) is 0 Å². The van der Waals surface area contributed by atoms with Crippen LogP contribution in [-0.4, -0.2) is 48.3 Å². The molecule has 108 valence electrons. The molecule has 1 amide bonds. The zero-order chi connectivity index (χ0) is 13.7. The van der Waals surface area contributed by atoms with Gasteiger partial charge in [-0.15, -0.1) is 0 Å². The monoisotopic (exact) mass is 267 g/mol. The minimum Gasteiger partial charge on any atom is -0.387 e. The molecule has 0 aromatic rings. The number of carbonyl (C=O) groups is 1. The Kier molecular flexibility index (Phi) is 3.13. The molecule has 2 atom stereocenters. The average molecular weight is 267 g/mol.